The first-order valence-corrected chi connectivity index (χ1v) is 6.26. The topological polar surface area (TPSA) is 68.3 Å². The molecule has 4 nitrogen and oxygen atoms in total. The van der Waals surface area contributed by atoms with Gasteiger partial charge in [-0.2, -0.15) is 5.26 Å². The van der Waals surface area contributed by atoms with Gasteiger partial charge in [0.1, 0.15) is 18.1 Å². The van der Waals surface area contributed by atoms with Gasteiger partial charge >= 0.3 is 0 Å². The Morgan fingerprint density at radius 2 is 2.00 bits per heavy atom. The van der Waals surface area contributed by atoms with Crippen molar-refractivity contribution >= 4 is 17.3 Å². The minimum atomic E-state index is 0.226. The molecule has 102 valence electrons. The second kappa shape index (κ2) is 6.18. The molecule has 0 spiro atoms. The van der Waals surface area contributed by atoms with Crippen molar-refractivity contribution in [2.75, 3.05) is 12.8 Å². The lowest BCUT2D eigenvalue weighted by Gasteiger charge is -2.11. The lowest BCUT2D eigenvalue weighted by molar-refractivity contribution is 0.304. The Hall–Kier alpha value is -2.38. The van der Waals surface area contributed by atoms with E-state index in [1.165, 1.54) is 7.11 Å². The van der Waals surface area contributed by atoms with Crippen LogP contribution in [0, 0.1) is 11.3 Å². The van der Waals surface area contributed by atoms with E-state index in [4.69, 9.17) is 32.1 Å². The van der Waals surface area contributed by atoms with E-state index in [0.29, 0.717) is 27.8 Å². The van der Waals surface area contributed by atoms with E-state index in [1.54, 1.807) is 36.4 Å². The molecular weight excluding hydrogens is 276 g/mol. The number of halogens is 1. The summed E-state index contributed by atoms with van der Waals surface area (Å²) in [6.07, 6.45) is 0. The number of hydrogen-bond donors (Lipinski definition) is 1. The normalized spacial score (nSPS) is 9.85. The average Bonchev–Trinajstić information content (AvgIpc) is 2.46. The third-order valence-electron chi connectivity index (χ3n) is 2.78. The highest BCUT2D eigenvalue weighted by Gasteiger charge is 2.07. The Morgan fingerprint density at radius 1 is 1.25 bits per heavy atom. The van der Waals surface area contributed by atoms with E-state index >= 15 is 0 Å². The van der Waals surface area contributed by atoms with Crippen LogP contribution in [-0.4, -0.2) is 7.11 Å². The molecule has 0 aliphatic rings. The smallest absolute Gasteiger partial charge is 0.124 e. The molecule has 0 unspecified atom stereocenters. The summed E-state index contributed by atoms with van der Waals surface area (Å²) in [5.74, 6) is 1.09. The molecule has 2 N–H and O–H groups in total. The largest absolute Gasteiger partial charge is 0.497 e. The summed E-state index contributed by atoms with van der Waals surface area (Å²) in [7, 11) is 1.53. The maximum absolute atomic E-state index is 8.95. The zero-order chi connectivity index (χ0) is 14.5. The van der Waals surface area contributed by atoms with Crippen LogP contribution in [0.2, 0.25) is 5.02 Å². The number of nitrogens with zero attached hydrogens (tertiary/aromatic N) is 1. The molecule has 0 aliphatic carbocycles. The lowest BCUT2D eigenvalue weighted by atomic mass is 10.2. The molecule has 20 heavy (non-hydrogen) atoms. The van der Waals surface area contributed by atoms with Gasteiger partial charge < -0.3 is 15.2 Å². The number of nitriles is 1. The molecule has 5 heteroatoms. The molecule has 0 bridgehead atoms. The second-order valence-electron chi connectivity index (χ2n) is 4.11. The van der Waals surface area contributed by atoms with Crippen molar-refractivity contribution in [1.29, 1.82) is 5.26 Å². The zero-order valence-corrected chi connectivity index (χ0v) is 11.6. The number of rotatable bonds is 4. The summed E-state index contributed by atoms with van der Waals surface area (Å²) < 4.78 is 10.8. The van der Waals surface area contributed by atoms with Gasteiger partial charge in [-0.15, -0.1) is 0 Å². The van der Waals surface area contributed by atoms with Gasteiger partial charge in [0.15, 0.2) is 0 Å². The van der Waals surface area contributed by atoms with E-state index in [1.807, 2.05) is 0 Å². The molecule has 2 rings (SSSR count). The number of methoxy groups -OCH3 is 1. The Labute approximate surface area is 122 Å². The SMILES string of the molecule is COc1cc(C#N)cc(OCc2c(N)cccc2Cl)c1. The summed E-state index contributed by atoms with van der Waals surface area (Å²) in [5, 5.41) is 9.50. The number of anilines is 1. The molecular formula is C15H13ClN2O2. The van der Waals surface area contributed by atoms with Crippen molar-refractivity contribution in [2.45, 2.75) is 6.61 Å². The molecule has 2 aromatic rings. The molecule has 0 aliphatic heterocycles. The van der Waals surface area contributed by atoms with Gasteiger partial charge in [-0.05, 0) is 24.3 Å². The number of nitrogen functional groups attached to an aromatic ring is 1. The predicted molar refractivity (Wildman–Crippen MR) is 77.9 cm³/mol. The van der Waals surface area contributed by atoms with E-state index in [9.17, 15) is 0 Å². The van der Waals surface area contributed by atoms with Crippen LogP contribution in [0.1, 0.15) is 11.1 Å². The quantitative estimate of drug-likeness (QED) is 0.876. The summed E-state index contributed by atoms with van der Waals surface area (Å²) in [5.41, 5.74) is 7.61. The van der Waals surface area contributed by atoms with Gasteiger partial charge in [-0.25, -0.2) is 0 Å². The highest BCUT2D eigenvalue weighted by molar-refractivity contribution is 6.31. The molecule has 0 fully saturated rings. The van der Waals surface area contributed by atoms with Crippen LogP contribution < -0.4 is 15.2 Å². The Kier molecular flexibility index (Phi) is 4.34. The van der Waals surface area contributed by atoms with Gasteiger partial charge in [-0.1, -0.05) is 17.7 Å². The maximum atomic E-state index is 8.95. The minimum Gasteiger partial charge on any atom is -0.497 e. The van der Waals surface area contributed by atoms with Crippen LogP contribution >= 0.6 is 11.6 Å². The van der Waals surface area contributed by atoms with Crippen molar-refractivity contribution < 1.29 is 9.47 Å². The van der Waals surface area contributed by atoms with Crippen molar-refractivity contribution in [1.82, 2.24) is 0 Å². The van der Waals surface area contributed by atoms with Gasteiger partial charge in [0.25, 0.3) is 0 Å². The zero-order valence-electron chi connectivity index (χ0n) is 10.9. The number of benzene rings is 2. The van der Waals surface area contributed by atoms with Gasteiger partial charge in [0, 0.05) is 22.3 Å². The second-order valence-corrected chi connectivity index (χ2v) is 4.51. The van der Waals surface area contributed by atoms with E-state index in [0.717, 1.165) is 5.56 Å². The third-order valence-corrected chi connectivity index (χ3v) is 3.14. The first kappa shape index (κ1) is 14.0. The summed E-state index contributed by atoms with van der Waals surface area (Å²) >= 11 is 6.08. The molecule has 0 heterocycles. The van der Waals surface area contributed by atoms with Crippen LogP contribution in [0.5, 0.6) is 11.5 Å². The first-order valence-electron chi connectivity index (χ1n) is 5.89. The fourth-order valence-electron chi connectivity index (χ4n) is 1.72. The molecule has 0 aromatic heterocycles. The molecule has 0 radical (unpaired) electrons. The first-order chi connectivity index (χ1) is 9.63. The van der Waals surface area contributed by atoms with E-state index < -0.39 is 0 Å². The van der Waals surface area contributed by atoms with Crippen LogP contribution in [0.15, 0.2) is 36.4 Å². The Morgan fingerprint density at radius 3 is 2.65 bits per heavy atom. The van der Waals surface area contributed by atoms with Crippen LogP contribution in [-0.2, 0) is 6.61 Å². The van der Waals surface area contributed by atoms with Gasteiger partial charge in [0.2, 0.25) is 0 Å². The predicted octanol–water partition coefficient (Wildman–Crippen LogP) is 3.38. The van der Waals surface area contributed by atoms with Gasteiger partial charge in [-0.3, -0.25) is 0 Å². The third kappa shape index (κ3) is 3.14. The molecule has 0 atom stereocenters. The molecule has 2 aromatic carbocycles. The van der Waals surface area contributed by atoms with Gasteiger partial charge in [0.05, 0.1) is 18.7 Å². The number of nitrogens with two attached hydrogens (primary N) is 1. The number of hydrogen-bond acceptors (Lipinski definition) is 4. The molecule has 0 amide bonds. The minimum absolute atomic E-state index is 0.226. The van der Waals surface area contributed by atoms with Crippen molar-refractivity contribution in [3.63, 3.8) is 0 Å². The summed E-state index contributed by atoms with van der Waals surface area (Å²) in [6.45, 7) is 0.226. The average molecular weight is 289 g/mol. The van der Waals surface area contributed by atoms with E-state index in [-0.39, 0.29) is 6.61 Å². The van der Waals surface area contributed by atoms with E-state index in [2.05, 4.69) is 6.07 Å². The highest BCUT2D eigenvalue weighted by Crippen LogP contribution is 2.26. The summed E-state index contributed by atoms with van der Waals surface area (Å²) in [4.78, 5) is 0. The maximum Gasteiger partial charge on any atom is 0.124 e. The van der Waals surface area contributed by atoms with Crippen molar-refractivity contribution in [2.24, 2.45) is 0 Å². The van der Waals surface area contributed by atoms with Crippen LogP contribution in [0.4, 0.5) is 5.69 Å². The number of ether oxygens (including phenoxy) is 2. The fourth-order valence-corrected chi connectivity index (χ4v) is 1.96. The fraction of sp³-hybridized carbons (Fsp3) is 0.133. The van der Waals surface area contributed by atoms with Crippen LogP contribution in [0.25, 0.3) is 0 Å². The Bertz CT molecular complexity index is 645. The molecule has 0 saturated heterocycles. The van der Waals surface area contributed by atoms with Crippen LogP contribution in [0.3, 0.4) is 0 Å². The Balaban J connectivity index is 2.21. The monoisotopic (exact) mass is 288 g/mol. The van der Waals surface area contributed by atoms with Crippen molar-refractivity contribution in [3.8, 4) is 17.6 Å². The standard InChI is InChI=1S/C15H13ClN2O2/c1-19-11-5-10(8-17)6-12(7-11)20-9-13-14(16)3-2-4-15(13)18/h2-7H,9,18H2,1H3. The molecule has 0 saturated carbocycles. The lowest BCUT2D eigenvalue weighted by Crippen LogP contribution is -2.01. The van der Waals surface area contributed by atoms with Crippen molar-refractivity contribution in [3.05, 3.63) is 52.5 Å². The summed E-state index contributed by atoms with van der Waals surface area (Å²) in [6, 6.07) is 12.3. The highest BCUT2D eigenvalue weighted by atomic mass is 35.5.